The summed E-state index contributed by atoms with van der Waals surface area (Å²) < 4.78 is 4.46. The van der Waals surface area contributed by atoms with E-state index in [9.17, 15) is 34.5 Å². The van der Waals surface area contributed by atoms with E-state index < -0.39 is 23.9 Å². The molecule has 0 aromatic heterocycles. The summed E-state index contributed by atoms with van der Waals surface area (Å²) in [4.78, 5) is 41.5. The number of methoxy groups -OCH3 is 1. The zero-order chi connectivity index (χ0) is 52.9. The Balaban J connectivity index is -0.000000434. The van der Waals surface area contributed by atoms with Gasteiger partial charge in [-0.05, 0) is 62.8 Å². The normalized spacial score (nSPS) is 10.4. The Morgan fingerprint density at radius 1 is 0.333 bits per heavy atom. The summed E-state index contributed by atoms with van der Waals surface area (Å²) in [5.41, 5.74) is 0.435. The predicted octanol–water partition coefficient (Wildman–Crippen LogP) is 15.8. The third-order valence-corrected chi connectivity index (χ3v) is 13.2. The SMILES string of the molecule is CCCCCCCCCCCCCCCCCC(=O)[O-].CCCCCCCCCCCCCCCCCC(=O)[O-].CCCCCCCCCCCCCCCCCC(=O)[O-].COC(=O)c1ccc(O)cc1.[Al+3]. The van der Waals surface area contributed by atoms with Gasteiger partial charge in [0.1, 0.15) is 5.75 Å². The van der Waals surface area contributed by atoms with Gasteiger partial charge >= 0.3 is 23.3 Å². The fraction of sp³-hybridized carbons (Fsp3) is 0.839. The average molecular weight is 1030 g/mol. The van der Waals surface area contributed by atoms with Crippen molar-refractivity contribution in [3.05, 3.63) is 29.8 Å². The molecule has 0 amide bonds. The first-order valence-corrected chi connectivity index (χ1v) is 30.0. The van der Waals surface area contributed by atoms with Crippen molar-refractivity contribution in [2.75, 3.05) is 7.11 Å². The first kappa shape index (κ1) is 75.9. The average Bonchev–Trinajstić information content (AvgIpc) is 3.35. The van der Waals surface area contributed by atoms with E-state index in [2.05, 4.69) is 25.5 Å². The van der Waals surface area contributed by atoms with Gasteiger partial charge in [-0.2, -0.15) is 0 Å². The molecule has 0 atom stereocenters. The number of carboxylic acids is 3. The molecular weight excluding hydrogens is 916 g/mol. The second-order valence-electron chi connectivity index (χ2n) is 20.3. The maximum Gasteiger partial charge on any atom is 3.00 e. The number of hydrogen-bond donors (Lipinski definition) is 1. The van der Waals surface area contributed by atoms with Crippen LogP contribution >= 0.6 is 0 Å². The number of ether oxygens (including phenoxy) is 1. The van der Waals surface area contributed by atoms with Gasteiger partial charge < -0.3 is 39.5 Å². The van der Waals surface area contributed by atoms with E-state index in [1.54, 1.807) is 0 Å². The topological polar surface area (TPSA) is 167 Å². The molecule has 0 aliphatic carbocycles. The number of carbonyl (C=O) groups excluding carboxylic acids is 4. The number of esters is 1. The van der Waals surface area contributed by atoms with E-state index in [0.717, 1.165) is 38.5 Å². The molecular formula is C62H113AlO9. The minimum Gasteiger partial charge on any atom is -0.550 e. The molecule has 72 heavy (non-hydrogen) atoms. The van der Waals surface area contributed by atoms with Crippen LogP contribution in [-0.4, -0.2) is 53.5 Å². The molecule has 1 N–H and O–H groups in total. The molecule has 10 heteroatoms. The molecule has 0 heterocycles. The first-order chi connectivity index (χ1) is 34.5. The van der Waals surface area contributed by atoms with Gasteiger partial charge in [-0.15, -0.1) is 0 Å². The number of phenols is 1. The number of unbranched alkanes of at least 4 members (excludes halogenated alkanes) is 42. The van der Waals surface area contributed by atoms with Crippen molar-refractivity contribution in [2.24, 2.45) is 0 Å². The van der Waals surface area contributed by atoms with Gasteiger partial charge in [0.25, 0.3) is 0 Å². The number of aromatic hydroxyl groups is 1. The molecule has 0 spiro atoms. The number of hydrogen-bond acceptors (Lipinski definition) is 9. The summed E-state index contributed by atoms with van der Waals surface area (Å²) in [6.45, 7) is 6.80. The van der Waals surface area contributed by atoms with Crippen molar-refractivity contribution in [3.63, 3.8) is 0 Å². The van der Waals surface area contributed by atoms with E-state index >= 15 is 0 Å². The van der Waals surface area contributed by atoms with Crippen LogP contribution in [-0.2, 0) is 19.1 Å². The summed E-state index contributed by atoms with van der Waals surface area (Å²) >= 11 is 0. The van der Waals surface area contributed by atoms with Crippen LogP contribution < -0.4 is 15.3 Å². The van der Waals surface area contributed by atoms with Crippen LogP contribution in [0, 0.1) is 0 Å². The van der Waals surface area contributed by atoms with Gasteiger partial charge in [-0.1, -0.05) is 290 Å². The van der Waals surface area contributed by atoms with Gasteiger partial charge in [0.2, 0.25) is 0 Å². The summed E-state index contributed by atoms with van der Waals surface area (Å²) in [5.74, 6) is -2.97. The Hall–Kier alpha value is -2.57. The van der Waals surface area contributed by atoms with Crippen LogP contribution in [0.1, 0.15) is 339 Å². The molecule has 0 saturated heterocycles. The number of carbonyl (C=O) groups is 4. The smallest absolute Gasteiger partial charge is 0.550 e. The predicted molar refractivity (Wildman–Crippen MR) is 299 cm³/mol. The van der Waals surface area contributed by atoms with Crippen molar-refractivity contribution < 1.29 is 44.3 Å². The Bertz CT molecular complexity index is 1140. The van der Waals surface area contributed by atoms with Crippen molar-refractivity contribution in [3.8, 4) is 5.75 Å². The molecule has 0 bridgehead atoms. The van der Waals surface area contributed by atoms with Crippen molar-refractivity contribution in [1.29, 1.82) is 0 Å². The third kappa shape index (κ3) is 71.7. The Labute approximate surface area is 455 Å². The standard InChI is InChI=1S/3C18H36O2.C8H8O3.Al/c3*1-2-3-4-5-6-7-8-9-10-11-12-13-14-15-16-17-18(19)20;1-11-8(10)6-2-4-7(9)5-3-6;/h3*2-17H2,1H3,(H,19,20);2-5,9H,1H3;/q;;;;+3/p-3. The molecule has 1 rings (SSSR count). The number of rotatable bonds is 49. The second-order valence-corrected chi connectivity index (χ2v) is 20.3. The molecule has 0 aliphatic rings. The third-order valence-electron chi connectivity index (χ3n) is 13.2. The molecule has 1 aromatic rings. The minimum atomic E-state index is -0.903. The molecule has 1 aromatic carbocycles. The van der Waals surface area contributed by atoms with E-state index in [0.29, 0.717) is 5.56 Å². The Morgan fingerprint density at radius 3 is 0.653 bits per heavy atom. The van der Waals surface area contributed by atoms with Crippen LogP contribution in [0.3, 0.4) is 0 Å². The van der Waals surface area contributed by atoms with E-state index in [1.165, 1.54) is 282 Å². The van der Waals surface area contributed by atoms with Gasteiger partial charge in [0, 0.05) is 17.9 Å². The molecule has 0 unspecified atom stereocenters. The van der Waals surface area contributed by atoms with Crippen LogP contribution in [0.5, 0.6) is 5.75 Å². The quantitative estimate of drug-likeness (QED) is 0.0379. The van der Waals surface area contributed by atoms with Crippen LogP contribution in [0.4, 0.5) is 0 Å². The van der Waals surface area contributed by atoms with Gasteiger partial charge in [0.05, 0.1) is 12.7 Å². The number of phenolic OH excluding ortho intramolecular Hbond substituents is 1. The summed E-state index contributed by atoms with van der Waals surface area (Å²) in [6.07, 6.45) is 59.6. The molecule has 418 valence electrons. The zero-order valence-electron chi connectivity index (χ0n) is 47.5. The Kier molecular flexibility index (Phi) is 70.1. The summed E-state index contributed by atoms with van der Waals surface area (Å²) in [6, 6.07) is 5.88. The number of benzene rings is 1. The summed E-state index contributed by atoms with van der Waals surface area (Å²) in [7, 11) is 1.31. The van der Waals surface area contributed by atoms with E-state index in [-0.39, 0.29) is 42.4 Å². The number of aliphatic carboxylic acids is 3. The van der Waals surface area contributed by atoms with Gasteiger partial charge in [-0.3, -0.25) is 0 Å². The molecule has 0 radical (unpaired) electrons. The van der Waals surface area contributed by atoms with Crippen LogP contribution in [0.15, 0.2) is 24.3 Å². The zero-order valence-corrected chi connectivity index (χ0v) is 48.7. The monoisotopic (exact) mass is 1030 g/mol. The minimum absolute atomic E-state index is 0. The van der Waals surface area contributed by atoms with Crippen LogP contribution in [0.25, 0.3) is 0 Å². The Morgan fingerprint density at radius 2 is 0.500 bits per heavy atom. The van der Waals surface area contributed by atoms with Crippen molar-refractivity contribution >= 4 is 41.2 Å². The number of carboxylic acid groups (broad SMARTS) is 3. The second kappa shape index (κ2) is 66.4. The van der Waals surface area contributed by atoms with Gasteiger partial charge in [0.15, 0.2) is 0 Å². The van der Waals surface area contributed by atoms with Crippen molar-refractivity contribution in [1.82, 2.24) is 0 Å². The first-order valence-electron chi connectivity index (χ1n) is 30.0. The fourth-order valence-corrected chi connectivity index (χ4v) is 8.64. The maximum absolute atomic E-state index is 10.8. The maximum atomic E-state index is 10.8. The van der Waals surface area contributed by atoms with Crippen molar-refractivity contribution in [2.45, 2.75) is 329 Å². The molecule has 0 fully saturated rings. The summed E-state index contributed by atoms with van der Waals surface area (Å²) in [5, 5.41) is 39.5. The molecule has 0 saturated carbocycles. The largest absolute Gasteiger partial charge is 3.00 e. The van der Waals surface area contributed by atoms with E-state index in [1.807, 2.05) is 0 Å². The fourth-order valence-electron chi connectivity index (χ4n) is 8.64. The molecule has 9 nitrogen and oxygen atoms in total. The molecule has 0 aliphatic heterocycles. The van der Waals surface area contributed by atoms with Gasteiger partial charge in [-0.25, -0.2) is 4.79 Å². The van der Waals surface area contributed by atoms with E-state index in [4.69, 9.17) is 5.11 Å². The van der Waals surface area contributed by atoms with Crippen LogP contribution in [0.2, 0.25) is 0 Å².